The van der Waals surface area contributed by atoms with Gasteiger partial charge in [-0.3, -0.25) is 0 Å². The van der Waals surface area contributed by atoms with E-state index in [1.807, 2.05) is 0 Å². The van der Waals surface area contributed by atoms with Gasteiger partial charge in [-0.05, 0) is 17.7 Å². The van der Waals surface area contributed by atoms with E-state index in [1.54, 1.807) is 24.3 Å². The van der Waals surface area contributed by atoms with E-state index >= 15 is 0 Å². The Bertz CT molecular complexity index is 394. The van der Waals surface area contributed by atoms with Crippen molar-refractivity contribution in [3.05, 3.63) is 40.4 Å². The zero-order chi connectivity index (χ0) is 10.6. The quantitative estimate of drug-likeness (QED) is 0.468. The monoisotopic (exact) mass is 210 g/mol. The number of rotatable bonds is 3. The molecule has 0 fully saturated rings. The predicted molar refractivity (Wildman–Crippen MR) is 51.4 cm³/mol. The summed E-state index contributed by atoms with van der Waals surface area (Å²) in [7, 11) is 0. The van der Waals surface area contributed by atoms with Crippen molar-refractivity contribution in [3.63, 3.8) is 0 Å². The van der Waals surface area contributed by atoms with Crippen molar-refractivity contribution in [3.8, 4) is 0 Å². The number of halogens is 1. The first-order valence-electron chi connectivity index (χ1n) is 3.82. The van der Waals surface area contributed by atoms with E-state index in [1.165, 1.54) is 0 Å². The molecule has 0 spiro atoms. The lowest BCUT2D eigenvalue weighted by molar-refractivity contribution is -0.134. The third-order valence-corrected chi connectivity index (χ3v) is 1.90. The molecular formula is C9H7ClN2O2. The molecule has 14 heavy (non-hydrogen) atoms. The molecule has 0 saturated carbocycles. The highest BCUT2D eigenvalue weighted by atomic mass is 35.5. The van der Waals surface area contributed by atoms with Crippen LogP contribution in [0.15, 0.2) is 24.3 Å². The number of carboxylic acids is 1. The smallest absolute Gasteiger partial charge is 0.414 e. The van der Waals surface area contributed by atoms with E-state index in [0.29, 0.717) is 5.02 Å². The first kappa shape index (κ1) is 10.4. The topological polar surface area (TPSA) is 73.7 Å². The summed E-state index contributed by atoms with van der Waals surface area (Å²) in [4.78, 5) is 13.2. The molecule has 0 aliphatic heterocycles. The van der Waals surface area contributed by atoms with Gasteiger partial charge in [-0.2, -0.15) is 4.79 Å². The van der Waals surface area contributed by atoms with Gasteiger partial charge in [-0.15, -0.1) is 0 Å². The van der Waals surface area contributed by atoms with Gasteiger partial charge in [0.1, 0.15) is 0 Å². The summed E-state index contributed by atoms with van der Waals surface area (Å²) in [5.74, 6) is -1.23. The average Bonchev–Trinajstić information content (AvgIpc) is 2.16. The molecule has 0 atom stereocenters. The van der Waals surface area contributed by atoms with Crippen LogP contribution in [0.2, 0.25) is 5.02 Å². The highest BCUT2D eigenvalue weighted by Crippen LogP contribution is 2.09. The molecule has 0 radical (unpaired) electrons. The molecule has 0 amide bonds. The summed E-state index contributed by atoms with van der Waals surface area (Å²) in [5, 5.41) is 9.15. The molecule has 1 rings (SSSR count). The maximum absolute atomic E-state index is 10.5. The van der Waals surface area contributed by atoms with Gasteiger partial charge in [-0.25, -0.2) is 4.79 Å². The molecule has 0 bridgehead atoms. The first-order valence-corrected chi connectivity index (χ1v) is 4.20. The van der Waals surface area contributed by atoms with Gasteiger partial charge >= 0.3 is 11.7 Å². The van der Waals surface area contributed by atoms with Gasteiger partial charge in [-0.1, -0.05) is 23.7 Å². The van der Waals surface area contributed by atoms with Crippen LogP contribution in [0.25, 0.3) is 5.53 Å². The third-order valence-electron chi connectivity index (χ3n) is 1.65. The van der Waals surface area contributed by atoms with Crippen LogP contribution in [0.3, 0.4) is 0 Å². The molecule has 1 aromatic rings. The Hall–Kier alpha value is -1.64. The fourth-order valence-electron chi connectivity index (χ4n) is 0.949. The Morgan fingerprint density at radius 3 is 2.43 bits per heavy atom. The van der Waals surface area contributed by atoms with E-state index in [-0.39, 0.29) is 12.1 Å². The molecule has 0 aliphatic carbocycles. The molecule has 0 aliphatic rings. The Morgan fingerprint density at radius 2 is 2.00 bits per heavy atom. The van der Waals surface area contributed by atoms with Gasteiger partial charge in [0.2, 0.25) is 0 Å². The van der Waals surface area contributed by atoms with Crippen molar-refractivity contribution in [2.45, 2.75) is 6.42 Å². The Labute approximate surface area is 85.4 Å². The van der Waals surface area contributed by atoms with E-state index in [0.717, 1.165) is 5.56 Å². The molecular weight excluding hydrogens is 204 g/mol. The van der Waals surface area contributed by atoms with Crippen molar-refractivity contribution >= 4 is 23.3 Å². The van der Waals surface area contributed by atoms with Crippen LogP contribution in [-0.2, 0) is 11.2 Å². The minimum atomic E-state index is -1.23. The summed E-state index contributed by atoms with van der Waals surface area (Å²) < 4.78 is 0. The SMILES string of the molecule is [N-]=[N+]=C(Cc1ccc(Cl)cc1)C(=O)O. The van der Waals surface area contributed by atoms with Crippen LogP contribution < -0.4 is 0 Å². The lowest BCUT2D eigenvalue weighted by Crippen LogP contribution is -2.16. The van der Waals surface area contributed by atoms with E-state index in [4.69, 9.17) is 22.2 Å². The lowest BCUT2D eigenvalue weighted by Gasteiger charge is -1.94. The second-order valence-electron chi connectivity index (χ2n) is 2.66. The molecule has 5 heteroatoms. The summed E-state index contributed by atoms with van der Waals surface area (Å²) in [5.41, 5.74) is 8.82. The maximum Gasteiger partial charge on any atom is 0.414 e. The van der Waals surface area contributed by atoms with Crippen molar-refractivity contribution < 1.29 is 14.7 Å². The molecule has 0 aromatic heterocycles. The largest absolute Gasteiger partial charge is 0.473 e. The molecule has 4 nitrogen and oxygen atoms in total. The van der Waals surface area contributed by atoms with E-state index in [2.05, 4.69) is 4.79 Å². The summed E-state index contributed by atoms with van der Waals surface area (Å²) >= 11 is 5.65. The summed E-state index contributed by atoms with van der Waals surface area (Å²) in [6, 6.07) is 6.65. The maximum atomic E-state index is 10.5. The van der Waals surface area contributed by atoms with Crippen LogP contribution in [-0.4, -0.2) is 21.6 Å². The number of hydrogen-bond acceptors (Lipinski definition) is 1. The highest BCUT2D eigenvalue weighted by molar-refractivity contribution is 6.33. The second-order valence-corrected chi connectivity index (χ2v) is 3.09. The minimum absolute atomic E-state index is 0.0724. The average molecular weight is 211 g/mol. The standard InChI is InChI=1S/C9H7ClN2O2/c10-7-3-1-6(2-4-7)5-8(12-11)9(13)14/h1-4H,5H2,(H,13,14). The first-order chi connectivity index (χ1) is 6.63. The van der Waals surface area contributed by atoms with Crippen LogP contribution in [0.1, 0.15) is 5.56 Å². The van der Waals surface area contributed by atoms with Gasteiger partial charge in [0.15, 0.2) is 0 Å². The molecule has 1 N–H and O–H groups in total. The third kappa shape index (κ3) is 2.69. The fourth-order valence-corrected chi connectivity index (χ4v) is 1.08. The van der Waals surface area contributed by atoms with Crippen LogP contribution in [0, 0.1) is 0 Å². The molecule has 72 valence electrons. The Balaban J connectivity index is 2.83. The lowest BCUT2D eigenvalue weighted by atomic mass is 10.1. The van der Waals surface area contributed by atoms with E-state index in [9.17, 15) is 4.79 Å². The zero-order valence-electron chi connectivity index (χ0n) is 7.14. The van der Waals surface area contributed by atoms with E-state index < -0.39 is 5.97 Å². The van der Waals surface area contributed by atoms with Crippen LogP contribution in [0.4, 0.5) is 0 Å². The number of hydrogen-bond donors (Lipinski definition) is 1. The van der Waals surface area contributed by atoms with Crippen molar-refractivity contribution in [1.82, 2.24) is 0 Å². The molecule has 0 unspecified atom stereocenters. The van der Waals surface area contributed by atoms with Gasteiger partial charge < -0.3 is 10.6 Å². The van der Waals surface area contributed by atoms with Crippen molar-refractivity contribution in [1.29, 1.82) is 0 Å². The summed E-state index contributed by atoms with van der Waals surface area (Å²) in [6.07, 6.45) is 0.0724. The molecule has 0 heterocycles. The van der Waals surface area contributed by atoms with Crippen LogP contribution >= 0.6 is 11.6 Å². The Kier molecular flexibility index (Phi) is 3.40. The second kappa shape index (κ2) is 4.56. The number of carbonyl (C=O) groups is 1. The van der Waals surface area contributed by atoms with Gasteiger partial charge in [0, 0.05) is 5.02 Å². The predicted octanol–water partition coefficient (Wildman–Crippen LogP) is 1.64. The number of nitrogens with zero attached hydrogens (tertiary/aromatic N) is 2. The van der Waals surface area contributed by atoms with Crippen LogP contribution in [0.5, 0.6) is 0 Å². The Morgan fingerprint density at radius 1 is 1.43 bits per heavy atom. The summed E-state index contributed by atoms with van der Waals surface area (Å²) in [6.45, 7) is 0. The zero-order valence-corrected chi connectivity index (χ0v) is 7.90. The highest BCUT2D eigenvalue weighted by Gasteiger charge is 2.18. The van der Waals surface area contributed by atoms with Crippen molar-refractivity contribution in [2.75, 3.05) is 0 Å². The van der Waals surface area contributed by atoms with Gasteiger partial charge in [0.05, 0.1) is 6.42 Å². The normalized spacial score (nSPS) is 9.21. The minimum Gasteiger partial charge on any atom is -0.473 e. The number of carboxylic acid groups (broad SMARTS) is 1. The number of benzene rings is 1. The van der Waals surface area contributed by atoms with Gasteiger partial charge in [0.25, 0.3) is 0 Å². The fraction of sp³-hybridized carbons (Fsp3) is 0.111. The molecule has 1 aromatic carbocycles. The molecule has 0 saturated heterocycles. The van der Waals surface area contributed by atoms with Crippen molar-refractivity contribution in [2.24, 2.45) is 0 Å². The number of aliphatic carboxylic acids is 1.